The fraction of sp³-hybridized carbons (Fsp3) is 0.359. The summed E-state index contributed by atoms with van der Waals surface area (Å²) in [6.07, 6.45) is -0.572. The molecule has 0 bridgehead atoms. The number of fused-ring (bicyclic) bond motifs is 1. The van der Waals surface area contributed by atoms with E-state index in [4.69, 9.17) is 18.9 Å². The second-order valence-electron chi connectivity index (χ2n) is 12.9. The maximum atomic E-state index is 14.5. The van der Waals surface area contributed by atoms with Crippen LogP contribution in [0, 0.1) is 0 Å². The van der Waals surface area contributed by atoms with Gasteiger partial charge in [0.1, 0.15) is 0 Å². The van der Waals surface area contributed by atoms with Crippen molar-refractivity contribution in [3.05, 3.63) is 94.4 Å². The minimum Gasteiger partial charge on any atom is -0.493 e. The minimum absolute atomic E-state index is 0.0412. The largest absolute Gasteiger partial charge is 0.513 e. The van der Waals surface area contributed by atoms with E-state index in [9.17, 15) is 22.8 Å². The summed E-state index contributed by atoms with van der Waals surface area (Å²) in [5, 5.41) is 1.33. The van der Waals surface area contributed by atoms with Crippen LogP contribution in [-0.4, -0.2) is 97.4 Å². The maximum Gasteiger partial charge on any atom is 0.513 e. The van der Waals surface area contributed by atoms with Crippen molar-refractivity contribution in [1.29, 1.82) is 0 Å². The number of piperazine rings is 1. The van der Waals surface area contributed by atoms with Gasteiger partial charge >= 0.3 is 6.16 Å². The number of nitrogens with one attached hydrogen (secondary N) is 1. The first-order valence-corrected chi connectivity index (χ1v) is 20.1. The molecule has 2 atom stereocenters. The average molecular weight is 793 g/mol. The van der Waals surface area contributed by atoms with Gasteiger partial charge in [-0.2, -0.15) is 0 Å². The molecule has 1 fully saturated rings. The first-order valence-electron chi connectivity index (χ1n) is 17.7. The number of amides is 2. The average Bonchev–Trinajstić information content (AvgIpc) is 3.75. The molecule has 1 aromatic heterocycles. The van der Waals surface area contributed by atoms with Crippen molar-refractivity contribution >= 4 is 45.0 Å². The summed E-state index contributed by atoms with van der Waals surface area (Å²) in [6.45, 7) is 5.08. The number of rotatable bonds is 15. The maximum absolute atomic E-state index is 14.5. The van der Waals surface area contributed by atoms with E-state index in [1.165, 1.54) is 37.2 Å². The van der Waals surface area contributed by atoms with E-state index >= 15 is 0 Å². The zero-order chi connectivity index (χ0) is 39.3. The molecule has 0 radical (unpaired) electrons. The summed E-state index contributed by atoms with van der Waals surface area (Å²) in [5.74, 6) is -0.191. The van der Waals surface area contributed by atoms with Gasteiger partial charge in [-0.1, -0.05) is 42.5 Å². The molecule has 0 saturated carbocycles. The molecule has 2 aliphatic rings. The molecule has 292 valence electrons. The van der Waals surface area contributed by atoms with Gasteiger partial charge in [-0.25, -0.2) is 17.9 Å². The van der Waals surface area contributed by atoms with Crippen molar-refractivity contribution < 1.29 is 46.5 Å². The molecule has 1 N–H and O–H groups in total. The second-order valence-corrected chi connectivity index (χ2v) is 15.8. The quantitative estimate of drug-likeness (QED) is 0.0867. The minimum atomic E-state index is -4.12. The molecule has 2 aliphatic heterocycles. The summed E-state index contributed by atoms with van der Waals surface area (Å²) in [7, 11) is 1.29. The van der Waals surface area contributed by atoms with Crippen molar-refractivity contribution in [2.45, 2.75) is 36.1 Å². The lowest BCUT2D eigenvalue weighted by Gasteiger charge is -2.39. The van der Waals surface area contributed by atoms with Crippen LogP contribution in [0.25, 0.3) is 0 Å². The highest BCUT2D eigenvalue weighted by atomic mass is 32.2. The predicted octanol–water partition coefficient (Wildman–Crippen LogP) is 5.90. The number of hydrogen-bond donors (Lipinski definition) is 1. The van der Waals surface area contributed by atoms with Crippen molar-refractivity contribution in [2.24, 2.45) is 0 Å². The third-order valence-corrected chi connectivity index (χ3v) is 12.9. The number of benzene rings is 3. The molecule has 2 amide bonds. The molecule has 0 aliphatic carbocycles. The number of sulfonamides is 1. The first kappa shape index (κ1) is 39.5. The van der Waals surface area contributed by atoms with Gasteiger partial charge in [0.2, 0.25) is 0 Å². The summed E-state index contributed by atoms with van der Waals surface area (Å²) >= 11 is 0.818. The highest BCUT2D eigenvalue weighted by Crippen LogP contribution is 2.42. The van der Waals surface area contributed by atoms with Gasteiger partial charge in [-0.3, -0.25) is 19.4 Å². The second kappa shape index (κ2) is 17.1. The van der Waals surface area contributed by atoms with Gasteiger partial charge < -0.3 is 28.6 Å². The molecule has 3 heterocycles. The van der Waals surface area contributed by atoms with E-state index in [2.05, 4.69) is 38.3 Å². The Hall–Kier alpha value is -5.16. The fourth-order valence-corrected chi connectivity index (χ4v) is 9.54. The highest BCUT2D eigenvalue weighted by Gasteiger charge is 2.43. The fourth-order valence-electron chi connectivity index (χ4n) is 7.08. The Labute approximate surface area is 324 Å². The van der Waals surface area contributed by atoms with Crippen LogP contribution in [0.2, 0.25) is 0 Å². The molecular weight excluding hydrogens is 749 g/mol. The number of ether oxygens (including phenoxy) is 5. The van der Waals surface area contributed by atoms with Crippen molar-refractivity contribution in [3.63, 3.8) is 0 Å². The number of imide groups is 1. The lowest BCUT2D eigenvalue weighted by molar-refractivity contribution is 0.0572. The Morgan fingerprint density at radius 3 is 2.24 bits per heavy atom. The number of hydrogen-bond acceptors (Lipinski definition) is 13. The van der Waals surface area contributed by atoms with Gasteiger partial charge in [0.25, 0.3) is 21.8 Å². The monoisotopic (exact) mass is 792 g/mol. The number of carbonyl (C=O) groups excluding carboxylic acids is 3. The molecule has 4 aromatic rings. The molecule has 2 unspecified atom stereocenters. The van der Waals surface area contributed by atoms with Crippen molar-refractivity contribution in [1.82, 2.24) is 14.5 Å². The number of carbonyl (C=O) groups is 3. The topological polar surface area (TPSA) is 153 Å². The molecule has 6 rings (SSSR count). The lowest BCUT2D eigenvalue weighted by Crippen LogP contribution is -2.47. The number of nitrogens with zero attached hydrogens (tertiary/aromatic N) is 3. The number of methoxy groups -OCH3 is 4. The van der Waals surface area contributed by atoms with Crippen molar-refractivity contribution in [2.75, 3.05) is 66.1 Å². The molecule has 16 heteroatoms. The molecule has 1 saturated heterocycles. The summed E-state index contributed by atoms with van der Waals surface area (Å²) in [6, 6.07) is 20.4. The lowest BCUT2D eigenvalue weighted by atomic mass is 9.99. The number of thiophene rings is 1. The Kier molecular flexibility index (Phi) is 12.3. The van der Waals surface area contributed by atoms with Crippen LogP contribution < -0.4 is 28.6 Å². The van der Waals surface area contributed by atoms with E-state index in [-0.39, 0.29) is 41.1 Å². The van der Waals surface area contributed by atoms with Gasteiger partial charge in [0, 0.05) is 44.1 Å². The van der Waals surface area contributed by atoms with Gasteiger partial charge in [-0.15, -0.1) is 11.3 Å². The SMILES string of the molecule is COC(=O)Oc1csc(S(=O)(=O)NCCCC(c2ccc(OC)c(OC)c2)N2C(=O)c3cccc(N4CCN(C(C)c5ccccc5)CC4)c3C2=O)c1OC. The van der Waals surface area contributed by atoms with E-state index in [1.54, 1.807) is 24.3 Å². The van der Waals surface area contributed by atoms with Crippen LogP contribution in [-0.2, 0) is 14.8 Å². The van der Waals surface area contributed by atoms with E-state index in [1.807, 2.05) is 30.3 Å². The van der Waals surface area contributed by atoms with Crippen LogP contribution in [0.3, 0.4) is 0 Å². The van der Waals surface area contributed by atoms with Crippen LogP contribution in [0.4, 0.5) is 10.5 Å². The standard InChI is InChI=1S/C39H44N4O10S2/c1-25(26-11-7-6-8-12-26)41-19-21-42(22-20-41)30-14-9-13-28-34(30)37(45)43(36(28)44)29(27-16-17-31(49-2)32(23-27)50-3)15-10-18-40-55(47,48)38-35(51-4)33(24-54-38)53-39(46)52-5/h6-9,11-14,16-17,23-25,29,40H,10,15,18-22H2,1-5H3. The first-order chi connectivity index (χ1) is 26.5. The third kappa shape index (κ3) is 8.12. The highest BCUT2D eigenvalue weighted by molar-refractivity contribution is 7.91. The normalized spacial score (nSPS) is 15.7. The van der Waals surface area contributed by atoms with Crippen LogP contribution in [0.1, 0.15) is 63.7 Å². The Morgan fingerprint density at radius 2 is 1.56 bits per heavy atom. The van der Waals surface area contributed by atoms with E-state index in [0.29, 0.717) is 47.0 Å². The number of anilines is 1. The summed E-state index contributed by atoms with van der Waals surface area (Å²) < 4.78 is 54.9. The van der Waals surface area contributed by atoms with Crippen LogP contribution >= 0.6 is 11.3 Å². The van der Waals surface area contributed by atoms with Crippen LogP contribution in [0.15, 0.2) is 76.3 Å². The zero-order valence-electron chi connectivity index (χ0n) is 31.3. The van der Waals surface area contributed by atoms with Gasteiger partial charge in [0.05, 0.1) is 51.3 Å². The summed E-state index contributed by atoms with van der Waals surface area (Å²) in [5.41, 5.74) is 3.25. The van der Waals surface area contributed by atoms with Crippen molar-refractivity contribution in [3.8, 4) is 23.0 Å². The molecule has 0 spiro atoms. The Bertz CT molecular complexity index is 2130. The Balaban J connectivity index is 1.22. The molecule has 55 heavy (non-hydrogen) atoms. The van der Waals surface area contributed by atoms with E-state index < -0.39 is 34.0 Å². The smallest absolute Gasteiger partial charge is 0.493 e. The van der Waals surface area contributed by atoms with Gasteiger partial charge in [0.15, 0.2) is 27.2 Å². The third-order valence-electron chi connectivity index (χ3n) is 9.95. The van der Waals surface area contributed by atoms with Crippen LogP contribution in [0.5, 0.6) is 23.0 Å². The molecule has 3 aromatic carbocycles. The summed E-state index contributed by atoms with van der Waals surface area (Å²) in [4.78, 5) is 46.3. The molecule has 14 nitrogen and oxygen atoms in total. The zero-order valence-corrected chi connectivity index (χ0v) is 32.9. The van der Waals surface area contributed by atoms with Gasteiger partial charge in [-0.05, 0) is 55.2 Å². The Morgan fingerprint density at radius 1 is 0.836 bits per heavy atom. The molecular formula is C39H44N4O10S2. The predicted molar refractivity (Wildman–Crippen MR) is 206 cm³/mol. The van der Waals surface area contributed by atoms with E-state index in [0.717, 1.165) is 31.5 Å².